The first-order valence-electron chi connectivity index (χ1n) is 13.1. The highest BCUT2D eigenvalue weighted by molar-refractivity contribution is 7.87. The first-order chi connectivity index (χ1) is 17.8. The van der Waals surface area contributed by atoms with E-state index in [-0.39, 0.29) is 6.54 Å². The van der Waals surface area contributed by atoms with Gasteiger partial charge in [-0.25, -0.2) is 9.71 Å². The van der Waals surface area contributed by atoms with Gasteiger partial charge in [0.25, 0.3) is 10.2 Å². The van der Waals surface area contributed by atoms with Crippen molar-refractivity contribution in [3.63, 3.8) is 0 Å². The highest BCUT2D eigenvalue weighted by Gasteiger charge is 2.35. The van der Waals surface area contributed by atoms with Crippen molar-refractivity contribution in [1.82, 2.24) is 19.0 Å². The molecule has 37 heavy (non-hydrogen) atoms. The van der Waals surface area contributed by atoms with Crippen LogP contribution in [0, 0.1) is 0 Å². The summed E-state index contributed by atoms with van der Waals surface area (Å²) in [5, 5.41) is 10.8. The van der Waals surface area contributed by atoms with Gasteiger partial charge in [-0.15, -0.1) is 0 Å². The summed E-state index contributed by atoms with van der Waals surface area (Å²) in [6, 6.07) is 17.6. The lowest BCUT2D eigenvalue weighted by atomic mass is 9.87. The average molecular weight is 527 g/mol. The van der Waals surface area contributed by atoms with Gasteiger partial charge in [0.2, 0.25) is 0 Å². The number of methoxy groups -OCH3 is 1. The molecule has 2 heterocycles. The van der Waals surface area contributed by atoms with Crippen LogP contribution in [0.15, 0.2) is 54.6 Å². The van der Waals surface area contributed by atoms with E-state index in [0.29, 0.717) is 32.4 Å². The number of benzene rings is 2. The van der Waals surface area contributed by atoms with Crippen molar-refractivity contribution >= 4 is 10.2 Å². The lowest BCUT2D eigenvalue weighted by molar-refractivity contribution is -0.0142. The van der Waals surface area contributed by atoms with Crippen LogP contribution in [0.25, 0.3) is 22.6 Å². The number of piperidine rings is 1. The van der Waals surface area contributed by atoms with Gasteiger partial charge in [0.1, 0.15) is 11.6 Å². The number of aromatic amines is 1. The molecule has 0 radical (unpaired) electrons. The molecule has 8 nitrogen and oxygen atoms in total. The van der Waals surface area contributed by atoms with Crippen molar-refractivity contribution in [2.75, 3.05) is 26.7 Å². The van der Waals surface area contributed by atoms with Crippen molar-refractivity contribution in [3.8, 4) is 28.4 Å². The molecule has 0 aliphatic carbocycles. The summed E-state index contributed by atoms with van der Waals surface area (Å²) in [7, 11) is -2.01. The summed E-state index contributed by atoms with van der Waals surface area (Å²) in [4.78, 5) is 8.24. The Hall–Kier alpha value is -2.72. The van der Waals surface area contributed by atoms with Crippen LogP contribution in [0.2, 0.25) is 0 Å². The third-order valence-corrected chi connectivity index (χ3v) is 8.70. The van der Waals surface area contributed by atoms with Crippen LogP contribution in [-0.2, 0) is 16.6 Å². The molecule has 1 aliphatic heterocycles. The molecule has 0 spiro atoms. The van der Waals surface area contributed by atoms with Gasteiger partial charge in [-0.2, -0.15) is 12.7 Å². The highest BCUT2D eigenvalue weighted by atomic mass is 32.2. The van der Waals surface area contributed by atoms with E-state index in [1.165, 1.54) is 4.31 Å². The first kappa shape index (κ1) is 27.3. The van der Waals surface area contributed by atoms with Crippen molar-refractivity contribution in [1.29, 1.82) is 0 Å². The summed E-state index contributed by atoms with van der Waals surface area (Å²) < 4.78 is 35.5. The maximum Gasteiger partial charge on any atom is 0.279 e. The standard InChI is InChI=1S/C28H38N4O4S/c1-3-4-8-16-28(33)17-20-32(21-18-28)37(34,35)29-19-15-25-26(22-11-13-24(36-2)14-12-22)31-27(30-25)23-9-6-5-7-10-23/h5-7,9-14,29,33H,3-4,8,15-21H2,1-2H3,(H,30,31). The minimum absolute atomic E-state index is 0.224. The number of unbranched alkanes of at least 4 members (excludes halogenated alkanes) is 2. The third-order valence-electron chi connectivity index (χ3n) is 7.09. The summed E-state index contributed by atoms with van der Waals surface area (Å²) in [5.41, 5.74) is 2.80. The lowest BCUT2D eigenvalue weighted by Crippen LogP contribution is -2.50. The number of imidazole rings is 1. The van der Waals surface area contributed by atoms with Crippen molar-refractivity contribution in [3.05, 3.63) is 60.3 Å². The van der Waals surface area contributed by atoms with Gasteiger partial charge < -0.3 is 14.8 Å². The SMILES string of the molecule is CCCCCC1(O)CCN(S(=O)(=O)NCCc2nc(-c3ccccc3)[nH]c2-c2ccc(OC)cc2)CC1. The van der Waals surface area contributed by atoms with Gasteiger partial charge in [-0.05, 0) is 43.5 Å². The van der Waals surface area contributed by atoms with E-state index >= 15 is 0 Å². The molecular formula is C28H38N4O4S. The number of hydrogen-bond donors (Lipinski definition) is 3. The molecule has 0 saturated carbocycles. The fourth-order valence-corrected chi connectivity index (χ4v) is 6.01. The molecule has 1 saturated heterocycles. The van der Waals surface area contributed by atoms with Crippen molar-refractivity contribution in [2.45, 2.75) is 57.5 Å². The molecular weight excluding hydrogens is 488 g/mol. The van der Waals surface area contributed by atoms with Crippen LogP contribution in [0.5, 0.6) is 5.75 Å². The monoisotopic (exact) mass is 526 g/mol. The Morgan fingerprint density at radius 3 is 2.41 bits per heavy atom. The van der Waals surface area contributed by atoms with Crippen LogP contribution in [0.1, 0.15) is 51.1 Å². The maximum atomic E-state index is 13.0. The molecule has 4 rings (SSSR count). The molecule has 1 aliphatic rings. The van der Waals surface area contributed by atoms with E-state index in [1.807, 2.05) is 54.6 Å². The number of hydrogen-bond acceptors (Lipinski definition) is 5. The molecule has 1 aromatic heterocycles. The Kier molecular flexibility index (Phi) is 9.02. The Bertz CT molecular complexity index is 1230. The second-order valence-electron chi connectivity index (χ2n) is 9.73. The molecule has 0 bridgehead atoms. The number of aromatic nitrogens is 2. The minimum Gasteiger partial charge on any atom is -0.497 e. The number of H-pyrrole nitrogens is 1. The van der Waals surface area contributed by atoms with E-state index in [1.54, 1.807) is 7.11 Å². The van der Waals surface area contributed by atoms with Crippen molar-refractivity contribution < 1.29 is 18.3 Å². The Morgan fingerprint density at radius 2 is 1.76 bits per heavy atom. The van der Waals surface area contributed by atoms with Gasteiger partial charge in [0.05, 0.1) is 24.1 Å². The Balaban J connectivity index is 1.42. The molecule has 0 atom stereocenters. The molecule has 1 fully saturated rings. The lowest BCUT2D eigenvalue weighted by Gasteiger charge is -2.37. The Labute approximate surface area is 220 Å². The molecule has 3 aromatic rings. The van der Waals surface area contributed by atoms with E-state index in [9.17, 15) is 13.5 Å². The van der Waals surface area contributed by atoms with Crippen LogP contribution in [0.3, 0.4) is 0 Å². The van der Waals surface area contributed by atoms with E-state index in [2.05, 4.69) is 16.6 Å². The normalized spacial score (nSPS) is 16.1. The van der Waals surface area contributed by atoms with Gasteiger partial charge in [0, 0.05) is 37.2 Å². The number of aliphatic hydroxyl groups is 1. The summed E-state index contributed by atoms with van der Waals surface area (Å²) in [5.74, 6) is 1.50. The van der Waals surface area contributed by atoms with E-state index in [0.717, 1.165) is 59.8 Å². The second kappa shape index (κ2) is 12.2. The molecule has 9 heteroatoms. The van der Waals surface area contributed by atoms with E-state index in [4.69, 9.17) is 9.72 Å². The van der Waals surface area contributed by atoms with Crippen LogP contribution in [-0.4, -0.2) is 60.1 Å². The zero-order chi connectivity index (χ0) is 26.3. The van der Waals surface area contributed by atoms with Gasteiger partial charge in [-0.3, -0.25) is 0 Å². The van der Waals surface area contributed by atoms with Gasteiger partial charge >= 0.3 is 0 Å². The Morgan fingerprint density at radius 1 is 1.05 bits per heavy atom. The van der Waals surface area contributed by atoms with E-state index < -0.39 is 15.8 Å². The average Bonchev–Trinajstić information content (AvgIpc) is 3.33. The number of rotatable bonds is 12. The molecule has 0 amide bonds. The van der Waals surface area contributed by atoms with Crippen LogP contribution >= 0.6 is 0 Å². The summed E-state index contributed by atoms with van der Waals surface area (Å²) in [6.07, 6.45) is 5.27. The number of ether oxygens (including phenoxy) is 1. The highest BCUT2D eigenvalue weighted by Crippen LogP contribution is 2.30. The van der Waals surface area contributed by atoms with Gasteiger partial charge in [0.15, 0.2) is 0 Å². The van der Waals surface area contributed by atoms with Crippen LogP contribution < -0.4 is 9.46 Å². The predicted molar refractivity (Wildman–Crippen MR) is 147 cm³/mol. The first-order valence-corrected chi connectivity index (χ1v) is 14.5. The second-order valence-corrected chi connectivity index (χ2v) is 11.5. The smallest absolute Gasteiger partial charge is 0.279 e. The fourth-order valence-electron chi connectivity index (χ4n) is 4.81. The molecule has 0 unspecified atom stereocenters. The van der Waals surface area contributed by atoms with Gasteiger partial charge in [-0.1, -0.05) is 56.5 Å². The summed E-state index contributed by atoms with van der Waals surface area (Å²) >= 11 is 0. The number of nitrogens with zero attached hydrogens (tertiary/aromatic N) is 2. The van der Waals surface area contributed by atoms with Crippen molar-refractivity contribution in [2.24, 2.45) is 0 Å². The van der Waals surface area contributed by atoms with Crippen LogP contribution in [0.4, 0.5) is 0 Å². The zero-order valence-corrected chi connectivity index (χ0v) is 22.6. The third kappa shape index (κ3) is 6.98. The molecule has 3 N–H and O–H groups in total. The summed E-state index contributed by atoms with van der Waals surface area (Å²) in [6.45, 7) is 3.02. The fraction of sp³-hybridized carbons (Fsp3) is 0.464. The molecule has 200 valence electrons. The maximum absolute atomic E-state index is 13.0. The zero-order valence-electron chi connectivity index (χ0n) is 21.7. The topological polar surface area (TPSA) is 108 Å². The quantitative estimate of drug-likeness (QED) is 0.301. The minimum atomic E-state index is -3.64. The molecule has 2 aromatic carbocycles. The number of nitrogens with one attached hydrogen (secondary N) is 2. The predicted octanol–water partition coefficient (Wildman–Crippen LogP) is 4.54. The largest absolute Gasteiger partial charge is 0.497 e.